The highest BCUT2D eigenvalue weighted by Crippen LogP contribution is 2.27. The van der Waals surface area contributed by atoms with Crippen molar-refractivity contribution in [2.75, 3.05) is 32.8 Å². The highest BCUT2D eigenvalue weighted by atomic mass is 35.5. The molecule has 0 amide bonds. The Bertz CT molecular complexity index is 394. The molecule has 0 aliphatic heterocycles. The van der Waals surface area contributed by atoms with Crippen LogP contribution < -0.4 is 4.74 Å². The molecule has 1 aromatic rings. The summed E-state index contributed by atoms with van der Waals surface area (Å²) in [5, 5.41) is 9.65. The molecule has 0 atom stereocenters. The van der Waals surface area contributed by atoms with Crippen molar-refractivity contribution in [2.24, 2.45) is 0 Å². The van der Waals surface area contributed by atoms with Gasteiger partial charge in [-0.25, -0.2) is 8.78 Å². The molecule has 3 nitrogen and oxygen atoms in total. The summed E-state index contributed by atoms with van der Waals surface area (Å²) < 4.78 is 29.9. The van der Waals surface area contributed by atoms with Crippen molar-refractivity contribution >= 4 is 23.2 Å². The lowest BCUT2D eigenvalue weighted by Crippen LogP contribution is -2.35. The van der Waals surface area contributed by atoms with E-state index in [4.69, 9.17) is 33.0 Å². The molecule has 1 rings (SSSR count). The van der Waals surface area contributed by atoms with Gasteiger partial charge in [0, 0.05) is 18.1 Å². The van der Waals surface area contributed by atoms with Crippen molar-refractivity contribution in [1.82, 2.24) is 4.90 Å². The molecular weight excluding hydrogens is 299 g/mol. The van der Waals surface area contributed by atoms with Crippen LogP contribution in [-0.4, -0.2) is 49.3 Å². The first-order valence-corrected chi connectivity index (χ1v) is 6.47. The fourth-order valence-corrected chi connectivity index (χ4v) is 1.97. The lowest BCUT2D eigenvalue weighted by Gasteiger charge is -2.20. The van der Waals surface area contributed by atoms with Gasteiger partial charge in [-0.3, -0.25) is 4.90 Å². The number of rotatable bonds is 8. The van der Waals surface area contributed by atoms with E-state index in [2.05, 4.69) is 0 Å². The van der Waals surface area contributed by atoms with Crippen LogP contribution in [0.4, 0.5) is 8.78 Å². The first-order chi connectivity index (χ1) is 9.02. The zero-order chi connectivity index (χ0) is 14.3. The molecule has 0 unspecified atom stereocenters. The number of hydrogen-bond donors (Lipinski definition) is 1. The van der Waals surface area contributed by atoms with Crippen molar-refractivity contribution in [2.45, 2.75) is 6.43 Å². The minimum atomic E-state index is -2.44. The average Bonchev–Trinajstić information content (AvgIpc) is 2.31. The lowest BCUT2D eigenvalue weighted by molar-refractivity contribution is 0.0709. The van der Waals surface area contributed by atoms with Crippen molar-refractivity contribution in [3.8, 4) is 5.75 Å². The van der Waals surface area contributed by atoms with E-state index in [-0.39, 0.29) is 26.3 Å². The minimum Gasteiger partial charge on any atom is -0.491 e. The molecule has 0 aliphatic carbocycles. The highest BCUT2D eigenvalue weighted by Gasteiger charge is 2.12. The van der Waals surface area contributed by atoms with Gasteiger partial charge in [-0.15, -0.1) is 0 Å². The summed E-state index contributed by atoms with van der Waals surface area (Å²) in [7, 11) is 0. The topological polar surface area (TPSA) is 32.7 Å². The number of ether oxygens (including phenoxy) is 1. The van der Waals surface area contributed by atoms with E-state index in [9.17, 15) is 8.78 Å². The van der Waals surface area contributed by atoms with Crippen molar-refractivity contribution in [3.63, 3.8) is 0 Å². The van der Waals surface area contributed by atoms with Gasteiger partial charge in [0.25, 0.3) is 6.43 Å². The molecule has 0 spiro atoms. The van der Waals surface area contributed by atoms with Crippen LogP contribution in [0.5, 0.6) is 5.75 Å². The van der Waals surface area contributed by atoms with Gasteiger partial charge in [-0.2, -0.15) is 0 Å². The predicted octanol–water partition coefficient (Wildman–Crippen LogP) is 2.93. The molecule has 19 heavy (non-hydrogen) atoms. The van der Waals surface area contributed by atoms with Gasteiger partial charge >= 0.3 is 0 Å². The maximum atomic E-state index is 12.3. The molecule has 0 aromatic heterocycles. The van der Waals surface area contributed by atoms with E-state index in [0.29, 0.717) is 15.8 Å². The molecule has 0 saturated heterocycles. The zero-order valence-corrected chi connectivity index (χ0v) is 11.7. The van der Waals surface area contributed by atoms with E-state index in [0.717, 1.165) is 0 Å². The molecular formula is C12H15Cl2F2NO2. The highest BCUT2D eigenvalue weighted by molar-refractivity contribution is 6.35. The van der Waals surface area contributed by atoms with Crippen molar-refractivity contribution in [1.29, 1.82) is 0 Å². The minimum absolute atomic E-state index is 0.172. The number of hydrogen-bond acceptors (Lipinski definition) is 3. The zero-order valence-electron chi connectivity index (χ0n) is 10.2. The molecule has 1 N–H and O–H groups in total. The molecule has 0 radical (unpaired) electrons. The molecule has 0 aliphatic rings. The Hall–Kier alpha value is -0.620. The van der Waals surface area contributed by atoms with E-state index >= 15 is 0 Å². The van der Waals surface area contributed by atoms with E-state index < -0.39 is 13.0 Å². The summed E-state index contributed by atoms with van der Waals surface area (Å²) in [5.41, 5.74) is 0. The predicted molar refractivity (Wildman–Crippen MR) is 71.5 cm³/mol. The van der Waals surface area contributed by atoms with Crippen LogP contribution in [-0.2, 0) is 0 Å². The van der Waals surface area contributed by atoms with E-state index in [1.807, 2.05) is 0 Å². The Morgan fingerprint density at radius 3 is 2.58 bits per heavy atom. The number of benzene rings is 1. The van der Waals surface area contributed by atoms with Gasteiger partial charge in [0.15, 0.2) is 0 Å². The maximum Gasteiger partial charge on any atom is 0.251 e. The molecule has 0 bridgehead atoms. The van der Waals surface area contributed by atoms with Gasteiger partial charge < -0.3 is 9.84 Å². The third-order valence-corrected chi connectivity index (χ3v) is 2.90. The van der Waals surface area contributed by atoms with Crippen LogP contribution in [0.25, 0.3) is 0 Å². The molecule has 108 valence electrons. The molecule has 0 heterocycles. The smallest absolute Gasteiger partial charge is 0.251 e. The van der Waals surface area contributed by atoms with E-state index in [1.54, 1.807) is 18.2 Å². The second-order valence-corrected chi connectivity index (χ2v) is 4.68. The SMILES string of the molecule is OCCN(CCOc1ccc(Cl)cc1Cl)CC(F)F. The van der Waals surface area contributed by atoms with Crippen LogP contribution in [0.1, 0.15) is 0 Å². The van der Waals surface area contributed by atoms with Gasteiger partial charge in [-0.1, -0.05) is 23.2 Å². The summed E-state index contributed by atoms with van der Waals surface area (Å²) in [6.45, 7) is 0.104. The van der Waals surface area contributed by atoms with Gasteiger partial charge in [0.2, 0.25) is 0 Å². The summed E-state index contributed by atoms with van der Waals surface area (Å²) in [4.78, 5) is 1.43. The maximum absolute atomic E-state index is 12.3. The molecule has 0 fully saturated rings. The summed E-state index contributed by atoms with van der Waals surface area (Å²) in [5.74, 6) is 0.451. The number of halogens is 4. The Morgan fingerprint density at radius 2 is 2.00 bits per heavy atom. The average molecular weight is 314 g/mol. The molecule has 1 aromatic carbocycles. The standard InChI is InChI=1S/C12H15Cl2F2NO2/c13-9-1-2-11(10(14)7-9)19-6-4-17(3-5-18)8-12(15)16/h1-2,7,12,18H,3-6,8H2. The van der Waals surface area contributed by atoms with Crippen LogP contribution in [0.15, 0.2) is 18.2 Å². The second-order valence-electron chi connectivity index (χ2n) is 3.84. The Balaban J connectivity index is 2.42. The Morgan fingerprint density at radius 1 is 1.26 bits per heavy atom. The van der Waals surface area contributed by atoms with Gasteiger partial charge in [-0.05, 0) is 18.2 Å². The van der Waals surface area contributed by atoms with Crippen LogP contribution >= 0.6 is 23.2 Å². The first-order valence-electron chi connectivity index (χ1n) is 5.72. The fourth-order valence-electron chi connectivity index (χ4n) is 1.51. The number of alkyl halides is 2. The van der Waals surface area contributed by atoms with Gasteiger partial charge in [0.1, 0.15) is 12.4 Å². The summed E-state index contributed by atoms with van der Waals surface area (Å²) in [6, 6.07) is 4.80. The second kappa shape index (κ2) is 8.53. The summed E-state index contributed by atoms with van der Waals surface area (Å²) >= 11 is 11.6. The van der Waals surface area contributed by atoms with Crippen LogP contribution in [0.2, 0.25) is 10.0 Å². The third-order valence-electron chi connectivity index (χ3n) is 2.37. The Labute approximate surface area is 120 Å². The Kier molecular flexibility index (Phi) is 7.38. The van der Waals surface area contributed by atoms with Crippen molar-refractivity contribution < 1.29 is 18.6 Å². The quantitative estimate of drug-likeness (QED) is 0.801. The summed E-state index contributed by atoms with van der Waals surface area (Å²) in [6.07, 6.45) is -2.44. The molecule has 0 saturated carbocycles. The van der Waals surface area contributed by atoms with Crippen LogP contribution in [0.3, 0.4) is 0 Å². The van der Waals surface area contributed by atoms with Crippen molar-refractivity contribution in [3.05, 3.63) is 28.2 Å². The normalized spacial score (nSPS) is 11.3. The number of aliphatic hydroxyl groups excluding tert-OH is 1. The third kappa shape index (κ3) is 6.38. The fraction of sp³-hybridized carbons (Fsp3) is 0.500. The van der Waals surface area contributed by atoms with Gasteiger partial charge in [0.05, 0.1) is 18.2 Å². The van der Waals surface area contributed by atoms with E-state index in [1.165, 1.54) is 4.90 Å². The first kappa shape index (κ1) is 16.4. The largest absolute Gasteiger partial charge is 0.491 e. The monoisotopic (exact) mass is 313 g/mol. The lowest BCUT2D eigenvalue weighted by atomic mass is 10.3. The number of nitrogens with zero attached hydrogens (tertiary/aromatic N) is 1. The van der Waals surface area contributed by atoms with Crippen LogP contribution in [0, 0.1) is 0 Å². The molecule has 7 heteroatoms. The number of aliphatic hydroxyl groups is 1.